The standard InChI is InChI=1S/C12H15NO2/c1-12(2,13)10-4-3-5-11-9(10)6-8(7-14)15-11/h3-6,14H,7,13H2,1-2H3. The van der Waals surface area contributed by atoms with E-state index < -0.39 is 5.54 Å². The highest BCUT2D eigenvalue weighted by Gasteiger charge is 2.18. The highest BCUT2D eigenvalue weighted by Crippen LogP contribution is 2.29. The van der Waals surface area contributed by atoms with Crippen LogP contribution >= 0.6 is 0 Å². The summed E-state index contributed by atoms with van der Waals surface area (Å²) in [5.41, 5.74) is 7.47. The van der Waals surface area contributed by atoms with E-state index in [1.165, 1.54) is 0 Å². The minimum absolute atomic E-state index is 0.0842. The van der Waals surface area contributed by atoms with Crippen LogP contribution in [-0.4, -0.2) is 5.11 Å². The van der Waals surface area contributed by atoms with Gasteiger partial charge in [-0.25, -0.2) is 0 Å². The first-order valence-electron chi connectivity index (χ1n) is 4.94. The molecule has 0 fully saturated rings. The second-order valence-electron chi connectivity index (χ2n) is 4.31. The number of fused-ring (bicyclic) bond motifs is 1. The van der Waals surface area contributed by atoms with Crippen molar-refractivity contribution < 1.29 is 9.52 Å². The Bertz CT molecular complexity index is 480. The van der Waals surface area contributed by atoms with E-state index >= 15 is 0 Å². The number of hydrogen-bond acceptors (Lipinski definition) is 3. The minimum atomic E-state index is -0.407. The Kier molecular flexibility index (Phi) is 2.29. The van der Waals surface area contributed by atoms with Gasteiger partial charge in [0.2, 0.25) is 0 Å². The monoisotopic (exact) mass is 205 g/mol. The lowest BCUT2D eigenvalue weighted by atomic mass is 9.93. The molecular weight excluding hydrogens is 190 g/mol. The van der Waals surface area contributed by atoms with E-state index in [2.05, 4.69) is 0 Å². The van der Waals surface area contributed by atoms with Gasteiger partial charge in [0, 0.05) is 10.9 Å². The molecule has 0 aliphatic rings. The lowest BCUT2D eigenvalue weighted by Gasteiger charge is -2.19. The summed E-state index contributed by atoms with van der Waals surface area (Å²) in [6, 6.07) is 7.62. The van der Waals surface area contributed by atoms with Gasteiger partial charge in [-0.3, -0.25) is 0 Å². The quantitative estimate of drug-likeness (QED) is 0.789. The van der Waals surface area contributed by atoms with Crippen molar-refractivity contribution >= 4 is 11.0 Å². The zero-order chi connectivity index (χ0) is 11.1. The second-order valence-corrected chi connectivity index (χ2v) is 4.31. The van der Waals surface area contributed by atoms with Crippen LogP contribution in [0.3, 0.4) is 0 Å². The zero-order valence-corrected chi connectivity index (χ0v) is 8.95. The van der Waals surface area contributed by atoms with E-state index in [1.807, 2.05) is 38.1 Å². The second kappa shape index (κ2) is 3.36. The van der Waals surface area contributed by atoms with Crippen molar-refractivity contribution in [3.05, 3.63) is 35.6 Å². The maximum absolute atomic E-state index is 9.01. The van der Waals surface area contributed by atoms with Crippen molar-refractivity contribution in [1.29, 1.82) is 0 Å². The number of hydrogen-bond donors (Lipinski definition) is 2. The molecule has 0 amide bonds. The van der Waals surface area contributed by atoms with Crippen LogP contribution in [0.2, 0.25) is 0 Å². The largest absolute Gasteiger partial charge is 0.459 e. The zero-order valence-electron chi connectivity index (χ0n) is 8.95. The lowest BCUT2D eigenvalue weighted by Crippen LogP contribution is -2.28. The van der Waals surface area contributed by atoms with Gasteiger partial charge in [0.15, 0.2) is 0 Å². The summed E-state index contributed by atoms with van der Waals surface area (Å²) in [5.74, 6) is 0.571. The average Bonchev–Trinajstić information content (AvgIpc) is 2.57. The third-order valence-corrected chi connectivity index (χ3v) is 2.46. The fourth-order valence-electron chi connectivity index (χ4n) is 1.75. The molecule has 0 unspecified atom stereocenters. The van der Waals surface area contributed by atoms with Crippen LogP contribution in [0.15, 0.2) is 28.7 Å². The molecule has 0 bridgehead atoms. The molecule has 0 aliphatic heterocycles. The van der Waals surface area contributed by atoms with Crippen molar-refractivity contribution in [2.45, 2.75) is 26.0 Å². The number of benzene rings is 1. The SMILES string of the molecule is CC(C)(N)c1cccc2oc(CO)cc12. The molecule has 15 heavy (non-hydrogen) atoms. The average molecular weight is 205 g/mol. The van der Waals surface area contributed by atoms with E-state index in [1.54, 1.807) is 0 Å². The Morgan fingerprint density at radius 3 is 2.73 bits per heavy atom. The van der Waals surface area contributed by atoms with E-state index in [4.69, 9.17) is 15.3 Å². The van der Waals surface area contributed by atoms with Gasteiger partial charge in [0.25, 0.3) is 0 Å². The third kappa shape index (κ3) is 1.76. The molecular formula is C12H15NO2. The molecule has 1 aromatic heterocycles. The molecule has 2 rings (SSSR count). The van der Waals surface area contributed by atoms with Gasteiger partial charge in [0.1, 0.15) is 18.0 Å². The molecule has 3 heteroatoms. The van der Waals surface area contributed by atoms with Gasteiger partial charge in [-0.1, -0.05) is 12.1 Å². The van der Waals surface area contributed by atoms with Gasteiger partial charge in [-0.05, 0) is 31.5 Å². The molecule has 2 aromatic rings. The summed E-state index contributed by atoms with van der Waals surface area (Å²) in [6.45, 7) is 3.82. The summed E-state index contributed by atoms with van der Waals surface area (Å²) < 4.78 is 5.45. The van der Waals surface area contributed by atoms with Crippen LogP contribution in [-0.2, 0) is 12.1 Å². The number of aliphatic hydroxyl groups is 1. The van der Waals surface area contributed by atoms with Gasteiger partial charge >= 0.3 is 0 Å². The number of nitrogens with two attached hydrogens (primary N) is 1. The Morgan fingerprint density at radius 2 is 2.13 bits per heavy atom. The Balaban J connectivity index is 2.70. The molecule has 0 saturated heterocycles. The molecule has 0 aliphatic carbocycles. The summed E-state index contributed by atoms with van der Waals surface area (Å²) in [4.78, 5) is 0. The highest BCUT2D eigenvalue weighted by atomic mass is 16.4. The van der Waals surface area contributed by atoms with E-state index in [-0.39, 0.29) is 6.61 Å². The van der Waals surface area contributed by atoms with Crippen LogP contribution in [0, 0.1) is 0 Å². The lowest BCUT2D eigenvalue weighted by molar-refractivity contribution is 0.251. The van der Waals surface area contributed by atoms with Crippen molar-refractivity contribution in [3.63, 3.8) is 0 Å². The Labute approximate surface area is 88.5 Å². The van der Waals surface area contributed by atoms with Gasteiger partial charge in [-0.15, -0.1) is 0 Å². The van der Waals surface area contributed by atoms with E-state index in [0.29, 0.717) is 5.76 Å². The van der Waals surface area contributed by atoms with Crippen molar-refractivity contribution in [2.75, 3.05) is 0 Å². The fraction of sp³-hybridized carbons (Fsp3) is 0.333. The van der Waals surface area contributed by atoms with Crippen LogP contribution in [0.4, 0.5) is 0 Å². The third-order valence-electron chi connectivity index (χ3n) is 2.46. The summed E-state index contributed by atoms with van der Waals surface area (Å²) in [5, 5.41) is 9.99. The van der Waals surface area contributed by atoms with Crippen LogP contribution in [0.1, 0.15) is 25.2 Å². The van der Waals surface area contributed by atoms with Crippen molar-refractivity contribution in [2.24, 2.45) is 5.73 Å². The molecule has 3 N–H and O–H groups in total. The highest BCUT2D eigenvalue weighted by molar-refractivity contribution is 5.82. The Morgan fingerprint density at radius 1 is 1.40 bits per heavy atom. The van der Waals surface area contributed by atoms with Gasteiger partial charge in [-0.2, -0.15) is 0 Å². The van der Waals surface area contributed by atoms with E-state index in [9.17, 15) is 0 Å². The van der Waals surface area contributed by atoms with Crippen molar-refractivity contribution in [1.82, 2.24) is 0 Å². The molecule has 0 spiro atoms. The number of rotatable bonds is 2. The van der Waals surface area contributed by atoms with Gasteiger partial charge in [0.05, 0.1) is 0 Å². The van der Waals surface area contributed by atoms with Crippen molar-refractivity contribution in [3.8, 4) is 0 Å². The molecule has 0 radical (unpaired) electrons. The van der Waals surface area contributed by atoms with Gasteiger partial charge < -0.3 is 15.3 Å². The maximum atomic E-state index is 9.01. The smallest absolute Gasteiger partial charge is 0.134 e. The van der Waals surface area contributed by atoms with Crippen LogP contribution in [0.25, 0.3) is 11.0 Å². The molecule has 1 heterocycles. The molecule has 1 aromatic carbocycles. The molecule has 3 nitrogen and oxygen atoms in total. The number of aliphatic hydroxyl groups excluding tert-OH is 1. The molecule has 0 saturated carbocycles. The first-order valence-corrected chi connectivity index (χ1v) is 4.94. The predicted octanol–water partition coefficient (Wildman–Crippen LogP) is 2.12. The normalized spacial score (nSPS) is 12.3. The fourth-order valence-corrected chi connectivity index (χ4v) is 1.75. The van der Waals surface area contributed by atoms with E-state index in [0.717, 1.165) is 16.5 Å². The van der Waals surface area contributed by atoms with Crippen LogP contribution in [0.5, 0.6) is 0 Å². The first kappa shape index (κ1) is 10.2. The first-order chi connectivity index (χ1) is 7.02. The predicted molar refractivity (Wildman–Crippen MR) is 59.4 cm³/mol. The summed E-state index contributed by atoms with van der Waals surface area (Å²) in [7, 11) is 0. The number of furan rings is 1. The van der Waals surface area contributed by atoms with Crippen LogP contribution < -0.4 is 5.73 Å². The maximum Gasteiger partial charge on any atom is 0.134 e. The topological polar surface area (TPSA) is 59.4 Å². The molecule has 0 atom stereocenters. The summed E-state index contributed by atoms with van der Waals surface area (Å²) >= 11 is 0. The summed E-state index contributed by atoms with van der Waals surface area (Å²) in [6.07, 6.45) is 0. The molecule has 80 valence electrons. The Hall–Kier alpha value is -1.32. The minimum Gasteiger partial charge on any atom is -0.459 e.